The van der Waals surface area contributed by atoms with Gasteiger partial charge in [0.2, 0.25) is 0 Å². The fourth-order valence-electron chi connectivity index (χ4n) is 3.04. The monoisotopic (exact) mass is 425 g/mol. The molecule has 1 N–H and O–H groups in total. The number of hydrogen-bond acceptors (Lipinski definition) is 5. The van der Waals surface area contributed by atoms with E-state index in [1.807, 2.05) is 0 Å². The molecule has 166 valence electrons. The van der Waals surface area contributed by atoms with Gasteiger partial charge < -0.3 is 4.74 Å². The third kappa shape index (κ3) is 9.42. The van der Waals surface area contributed by atoms with Gasteiger partial charge in [-0.15, -0.1) is 0 Å². The molecule has 2 rings (SSSR count). The van der Waals surface area contributed by atoms with Gasteiger partial charge >= 0.3 is 0 Å². The van der Waals surface area contributed by atoms with Crippen LogP contribution in [0.25, 0.3) is 0 Å². The first-order chi connectivity index (χ1) is 15.1. The predicted molar refractivity (Wildman–Crippen MR) is 123 cm³/mol. The van der Waals surface area contributed by atoms with Gasteiger partial charge in [-0.3, -0.25) is 14.9 Å². The van der Waals surface area contributed by atoms with E-state index in [4.69, 9.17) is 4.74 Å². The Balaban J connectivity index is 1.66. The summed E-state index contributed by atoms with van der Waals surface area (Å²) in [7, 11) is 0. The number of ether oxygens (including phenoxy) is 1. The first-order valence-corrected chi connectivity index (χ1v) is 10.9. The van der Waals surface area contributed by atoms with Gasteiger partial charge in [-0.1, -0.05) is 51.9 Å². The fraction of sp³-hybridized carbons (Fsp3) is 0.417. The molecule has 0 saturated heterocycles. The second-order valence-electron chi connectivity index (χ2n) is 7.40. The summed E-state index contributed by atoms with van der Waals surface area (Å²) in [4.78, 5) is 22.3. The maximum Gasteiger partial charge on any atom is 0.271 e. The van der Waals surface area contributed by atoms with Crippen LogP contribution in [0.5, 0.6) is 5.75 Å². The summed E-state index contributed by atoms with van der Waals surface area (Å²) in [6.45, 7) is 2.91. The zero-order chi connectivity index (χ0) is 22.3. The number of hydrogen-bond donors (Lipinski definition) is 1. The highest BCUT2D eigenvalue weighted by Crippen LogP contribution is 2.14. The molecule has 1 amide bonds. The fourth-order valence-corrected chi connectivity index (χ4v) is 3.04. The highest BCUT2D eigenvalue weighted by Gasteiger charge is 2.05. The molecule has 7 nitrogen and oxygen atoms in total. The SMILES string of the molecule is CCCCCCCCCCOc1ccc(C(=O)N/N=C/c2ccc([N+](=O)[O-])cc2)cc1. The van der Waals surface area contributed by atoms with E-state index >= 15 is 0 Å². The Hall–Kier alpha value is -3.22. The maximum absolute atomic E-state index is 12.2. The topological polar surface area (TPSA) is 93.8 Å². The van der Waals surface area contributed by atoms with Crippen molar-refractivity contribution in [1.82, 2.24) is 5.43 Å². The molecule has 0 radical (unpaired) electrons. The van der Waals surface area contributed by atoms with Crippen molar-refractivity contribution in [3.63, 3.8) is 0 Å². The van der Waals surface area contributed by atoms with E-state index in [-0.39, 0.29) is 11.6 Å². The minimum Gasteiger partial charge on any atom is -0.494 e. The summed E-state index contributed by atoms with van der Waals surface area (Å²) in [6, 6.07) is 12.8. The molecule has 0 fully saturated rings. The van der Waals surface area contributed by atoms with E-state index in [0.717, 1.165) is 12.2 Å². The van der Waals surface area contributed by atoms with Crippen LogP contribution in [-0.4, -0.2) is 23.7 Å². The molecule has 31 heavy (non-hydrogen) atoms. The highest BCUT2D eigenvalue weighted by atomic mass is 16.6. The molecule has 7 heteroatoms. The minimum absolute atomic E-state index is 0.00547. The van der Waals surface area contributed by atoms with Crippen LogP contribution in [0.3, 0.4) is 0 Å². The van der Waals surface area contributed by atoms with Crippen molar-refractivity contribution in [2.45, 2.75) is 58.3 Å². The number of nitro benzene ring substituents is 1. The van der Waals surface area contributed by atoms with Gasteiger partial charge in [0.1, 0.15) is 5.75 Å². The smallest absolute Gasteiger partial charge is 0.271 e. The molecule has 0 bridgehead atoms. The highest BCUT2D eigenvalue weighted by molar-refractivity contribution is 5.95. The van der Waals surface area contributed by atoms with Gasteiger partial charge in [0, 0.05) is 17.7 Å². The number of benzene rings is 2. The Bertz CT molecular complexity index is 833. The number of carbonyl (C=O) groups is 1. The lowest BCUT2D eigenvalue weighted by Crippen LogP contribution is -2.17. The summed E-state index contributed by atoms with van der Waals surface area (Å²) < 4.78 is 5.74. The van der Waals surface area contributed by atoms with Gasteiger partial charge in [-0.2, -0.15) is 5.10 Å². The van der Waals surface area contributed by atoms with Crippen LogP contribution in [0.15, 0.2) is 53.6 Å². The molecule has 0 aromatic heterocycles. The Kier molecular flexibility index (Phi) is 10.8. The standard InChI is InChI=1S/C24H31N3O4/c1-2-3-4-5-6-7-8-9-18-31-23-16-12-21(13-17-23)24(28)26-25-19-20-10-14-22(15-11-20)27(29)30/h10-17,19H,2-9,18H2,1H3,(H,26,28)/b25-19+. The Morgan fingerprint density at radius 2 is 1.58 bits per heavy atom. The normalized spacial score (nSPS) is 10.9. The molecule has 0 heterocycles. The van der Waals surface area contributed by atoms with Crippen molar-refractivity contribution in [2.24, 2.45) is 5.10 Å². The second kappa shape index (κ2) is 13.9. The van der Waals surface area contributed by atoms with Gasteiger partial charge in [-0.25, -0.2) is 5.43 Å². The minimum atomic E-state index is -0.467. The molecule has 0 atom stereocenters. The summed E-state index contributed by atoms with van der Waals surface area (Å²) in [5.41, 5.74) is 3.57. The van der Waals surface area contributed by atoms with Crippen LogP contribution in [0, 0.1) is 10.1 Å². The van der Waals surface area contributed by atoms with Gasteiger partial charge in [0.15, 0.2) is 0 Å². The van der Waals surface area contributed by atoms with Crippen molar-refractivity contribution in [3.8, 4) is 5.75 Å². The van der Waals surface area contributed by atoms with Crippen LogP contribution in [0.4, 0.5) is 5.69 Å². The number of unbranched alkanes of at least 4 members (excludes halogenated alkanes) is 7. The Labute approximate surface area is 183 Å². The van der Waals surface area contributed by atoms with E-state index in [0.29, 0.717) is 17.7 Å². The van der Waals surface area contributed by atoms with E-state index < -0.39 is 4.92 Å². The molecule has 0 aliphatic rings. The largest absolute Gasteiger partial charge is 0.494 e. The van der Waals surface area contributed by atoms with Crippen LogP contribution in [-0.2, 0) is 0 Å². The van der Waals surface area contributed by atoms with Crippen molar-refractivity contribution in [1.29, 1.82) is 0 Å². The molecule has 0 aliphatic carbocycles. The van der Waals surface area contributed by atoms with E-state index in [9.17, 15) is 14.9 Å². The Morgan fingerprint density at radius 3 is 2.19 bits per heavy atom. The van der Waals surface area contributed by atoms with Crippen molar-refractivity contribution >= 4 is 17.8 Å². The molecule has 0 aliphatic heterocycles. The number of carbonyl (C=O) groups excluding carboxylic acids is 1. The lowest BCUT2D eigenvalue weighted by molar-refractivity contribution is -0.384. The zero-order valence-electron chi connectivity index (χ0n) is 18.1. The van der Waals surface area contributed by atoms with E-state index in [1.54, 1.807) is 36.4 Å². The summed E-state index contributed by atoms with van der Waals surface area (Å²) in [5, 5.41) is 14.5. The first kappa shape index (κ1) is 24.1. The van der Waals surface area contributed by atoms with Crippen molar-refractivity contribution in [3.05, 3.63) is 69.8 Å². The van der Waals surface area contributed by atoms with Crippen LogP contribution in [0.2, 0.25) is 0 Å². The molecular formula is C24H31N3O4. The van der Waals surface area contributed by atoms with E-state index in [1.165, 1.54) is 63.3 Å². The summed E-state index contributed by atoms with van der Waals surface area (Å²) >= 11 is 0. The number of amides is 1. The van der Waals surface area contributed by atoms with Crippen molar-refractivity contribution < 1.29 is 14.5 Å². The zero-order valence-corrected chi connectivity index (χ0v) is 18.1. The number of nitrogens with zero attached hydrogens (tertiary/aromatic N) is 2. The molecule has 0 spiro atoms. The van der Waals surface area contributed by atoms with Gasteiger partial charge in [-0.05, 0) is 48.4 Å². The molecule has 0 saturated carbocycles. The van der Waals surface area contributed by atoms with E-state index in [2.05, 4.69) is 17.5 Å². The lowest BCUT2D eigenvalue weighted by atomic mass is 10.1. The Morgan fingerprint density at radius 1 is 0.968 bits per heavy atom. The molecule has 2 aromatic rings. The first-order valence-electron chi connectivity index (χ1n) is 10.9. The number of nitro groups is 1. The quantitative estimate of drug-likeness (QED) is 0.177. The van der Waals surface area contributed by atoms with Crippen LogP contribution < -0.4 is 10.2 Å². The second-order valence-corrected chi connectivity index (χ2v) is 7.40. The van der Waals surface area contributed by atoms with Crippen LogP contribution in [0.1, 0.15) is 74.2 Å². The molecule has 2 aromatic carbocycles. The number of non-ortho nitro benzene ring substituents is 1. The number of rotatable bonds is 14. The maximum atomic E-state index is 12.2. The average molecular weight is 426 g/mol. The third-order valence-electron chi connectivity index (χ3n) is 4.87. The summed E-state index contributed by atoms with van der Waals surface area (Å²) in [5.74, 6) is 0.404. The third-order valence-corrected chi connectivity index (χ3v) is 4.87. The lowest BCUT2D eigenvalue weighted by Gasteiger charge is -2.07. The van der Waals surface area contributed by atoms with Crippen molar-refractivity contribution in [2.75, 3.05) is 6.61 Å². The number of nitrogens with one attached hydrogen (secondary N) is 1. The predicted octanol–water partition coefficient (Wildman–Crippen LogP) is 5.88. The van der Waals surface area contributed by atoms with Crippen LogP contribution >= 0.6 is 0 Å². The molecule has 0 unspecified atom stereocenters. The summed E-state index contributed by atoms with van der Waals surface area (Å²) in [6.07, 6.45) is 11.5. The van der Waals surface area contributed by atoms with Gasteiger partial charge in [0.25, 0.3) is 11.6 Å². The number of hydrazone groups is 1. The molecular weight excluding hydrogens is 394 g/mol. The van der Waals surface area contributed by atoms with Gasteiger partial charge in [0.05, 0.1) is 17.7 Å². The average Bonchev–Trinajstić information content (AvgIpc) is 2.78.